The normalized spacial score (nSPS) is 25.0. The molecule has 6 heteroatoms. The van der Waals surface area contributed by atoms with E-state index >= 15 is 0 Å². The summed E-state index contributed by atoms with van der Waals surface area (Å²) in [6.07, 6.45) is 7.38. The van der Waals surface area contributed by atoms with Gasteiger partial charge in [0.2, 0.25) is 0 Å². The van der Waals surface area contributed by atoms with Gasteiger partial charge in [-0.1, -0.05) is 6.42 Å². The summed E-state index contributed by atoms with van der Waals surface area (Å²) < 4.78 is 10.7. The molecular formula is C21H27N3O3. The van der Waals surface area contributed by atoms with Crippen molar-refractivity contribution in [2.75, 3.05) is 12.4 Å². The molecule has 2 N–H and O–H groups in total. The number of nitrogens with zero attached hydrogens (tertiary/aromatic N) is 1. The summed E-state index contributed by atoms with van der Waals surface area (Å²) in [5, 5.41) is 6.09. The van der Waals surface area contributed by atoms with E-state index in [9.17, 15) is 4.79 Å². The first-order chi connectivity index (χ1) is 13.2. The van der Waals surface area contributed by atoms with E-state index in [2.05, 4.69) is 15.5 Å². The Morgan fingerprint density at radius 1 is 1.19 bits per heavy atom. The van der Waals surface area contributed by atoms with Crippen LogP contribution in [0.3, 0.4) is 0 Å². The molecule has 6 nitrogen and oxygen atoms in total. The second-order valence-electron chi connectivity index (χ2n) is 7.49. The van der Waals surface area contributed by atoms with Crippen LogP contribution in [0.5, 0.6) is 5.75 Å². The van der Waals surface area contributed by atoms with Crippen LogP contribution in [0.15, 0.2) is 47.1 Å². The van der Waals surface area contributed by atoms with E-state index in [0.717, 1.165) is 36.6 Å². The third kappa shape index (κ3) is 4.27. The van der Waals surface area contributed by atoms with E-state index in [0.29, 0.717) is 12.1 Å². The summed E-state index contributed by atoms with van der Waals surface area (Å²) in [7, 11) is 1.63. The van der Waals surface area contributed by atoms with E-state index in [4.69, 9.17) is 9.15 Å². The van der Waals surface area contributed by atoms with Crippen molar-refractivity contribution in [1.29, 1.82) is 0 Å². The van der Waals surface area contributed by atoms with Crippen LogP contribution >= 0.6 is 0 Å². The maximum absolute atomic E-state index is 12.4. The van der Waals surface area contributed by atoms with Crippen LogP contribution in [-0.4, -0.2) is 36.2 Å². The molecule has 27 heavy (non-hydrogen) atoms. The molecule has 144 valence electrons. The minimum Gasteiger partial charge on any atom is -0.497 e. The van der Waals surface area contributed by atoms with Crippen LogP contribution in [0, 0.1) is 0 Å². The number of piperidine rings is 2. The molecule has 2 atom stereocenters. The van der Waals surface area contributed by atoms with Gasteiger partial charge in [0.25, 0.3) is 0 Å². The monoisotopic (exact) mass is 369 g/mol. The minimum absolute atomic E-state index is 0.136. The Kier molecular flexibility index (Phi) is 5.34. The van der Waals surface area contributed by atoms with Crippen LogP contribution in [0.2, 0.25) is 0 Å². The van der Waals surface area contributed by atoms with Crippen molar-refractivity contribution in [3.8, 4) is 5.75 Å². The molecule has 2 saturated heterocycles. The maximum atomic E-state index is 12.4. The van der Waals surface area contributed by atoms with Crippen molar-refractivity contribution in [3.63, 3.8) is 0 Å². The van der Waals surface area contributed by atoms with Gasteiger partial charge in [-0.25, -0.2) is 4.79 Å². The first-order valence-electron chi connectivity index (χ1n) is 9.71. The van der Waals surface area contributed by atoms with Crippen LogP contribution < -0.4 is 15.4 Å². The molecule has 2 amide bonds. The topological polar surface area (TPSA) is 66.7 Å². The van der Waals surface area contributed by atoms with E-state index in [1.807, 2.05) is 36.4 Å². The maximum Gasteiger partial charge on any atom is 0.319 e. The number of anilines is 1. The fourth-order valence-electron chi connectivity index (χ4n) is 4.46. The number of hydrogen-bond donors (Lipinski definition) is 2. The molecule has 0 unspecified atom stereocenters. The van der Waals surface area contributed by atoms with Crippen LogP contribution in [0.1, 0.15) is 37.9 Å². The zero-order chi connectivity index (χ0) is 18.6. The molecule has 2 bridgehead atoms. The summed E-state index contributed by atoms with van der Waals surface area (Å²) in [5.74, 6) is 1.80. The number of carbonyl (C=O) groups is 1. The highest BCUT2D eigenvalue weighted by molar-refractivity contribution is 5.89. The molecule has 0 spiro atoms. The standard InChI is InChI=1S/C21H27N3O3/c1-26-19-9-7-15(8-10-19)22-21(25)23-16-12-17-4-2-5-18(13-16)24(17)14-20-6-3-11-27-20/h3,6-11,16-18H,2,4-5,12-14H2,1H3,(H2,22,23,25)/t17-,18-/m1/s1. The average molecular weight is 369 g/mol. The first kappa shape index (κ1) is 17.9. The smallest absolute Gasteiger partial charge is 0.319 e. The van der Waals surface area contributed by atoms with Crippen molar-refractivity contribution in [2.24, 2.45) is 0 Å². The number of ether oxygens (including phenoxy) is 1. The predicted molar refractivity (Wildman–Crippen MR) is 104 cm³/mol. The Balaban J connectivity index is 1.33. The fourth-order valence-corrected chi connectivity index (χ4v) is 4.46. The lowest BCUT2D eigenvalue weighted by molar-refractivity contribution is 0.0150. The number of furan rings is 1. The Morgan fingerprint density at radius 2 is 1.93 bits per heavy atom. The lowest BCUT2D eigenvalue weighted by Crippen LogP contribution is -2.56. The van der Waals surface area contributed by atoms with E-state index in [-0.39, 0.29) is 12.1 Å². The van der Waals surface area contributed by atoms with Crippen LogP contribution in [0.4, 0.5) is 10.5 Å². The number of fused-ring (bicyclic) bond motifs is 2. The number of hydrogen-bond acceptors (Lipinski definition) is 4. The van der Waals surface area contributed by atoms with E-state index < -0.39 is 0 Å². The number of urea groups is 1. The summed E-state index contributed by atoms with van der Waals surface area (Å²) in [5.41, 5.74) is 0.767. The third-order valence-corrected chi connectivity index (χ3v) is 5.73. The SMILES string of the molecule is COc1ccc(NC(=O)NC2C[C@H]3CCC[C@H](C2)N3Cc2ccco2)cc1. The minimum atomic E-state index is -0.136. The van der Waals surface area contributed by atoms with E-state index in [1.165, 1.54) is 19.3 Å². The molecular weight excluding hydrogens is 342 g/mol. The summed E-state index contributed by atoms with van der Waals surface area (Å²) in [4.78, 5) is 15.0. The average Bonchev–Trinajstić information content (AvgIpc) is 3.16. The van der Waals surface area contributed by atoms with Crippen molar-refractivity contribution >= 4 is 11.7 Å². The summed E-state index contributed by atoms with van der Waals surface area (Å²) in [6.45, 7) is 0.868. The van der Waals surface area contributed by atoms with Crippen LogP contribution in [0.25, 0.3) is 0 Å². The molecule has 1 aromatic heterocycles. The van der Waals surface area contributed by atoms with Gasteiger partial charge < -0.3 is 19.8 Å². The second-order valence-corrected chi connectivity index (χ2v) is 7.49. The molecule has 2 aromatic rings. The Hall–Kier alpha value is -2.47. The van der Waals surface area contributed by atoms with Gasteiger partial charge in [-0.15, -0.1) is 0 Å². The van der Waals surface area contributed by atoms with Gasteiger partial charge in [0, 0.05) is 23.8 Å². The van der Waals surface area contributed by atoms with Crippen molar-refractivity contribution in [3.05, 3.63) is 48.4 Å². The second kappa shape index (κ2) is 8.05. The molecule has 0 saturated carbocycles. The van der Waals surface area contributed by atoms with Crippen molar-refractivity contribution < 1.29 is 13.9 Å². The van der Waals surface area contributed by atoms with Gasteiger partial charge in [-0.3, -0.25) is 4.90 Å². The highest BCUT2D eigenvalue weighted by Gasteiger charge is 2.38. The molecule has 2 aliphatic rings. The molecule has 3 heterocycles. The van der Waals surface area contributed by atoms with Gasteiger partial charge in [0.1, 0.15) is 11.5 Å². The first-order valence-corrected chi connectivity index (χ1v) is 9.71. The summed E-state index contributed by atoms with van der Waals surface area (Å²) in [6, 6.07) is 12.5. The molecule has 2 aliphatic heterocycles. The van der Waals surface area contributed by atoms with Gasteiger partial charge in [-0.2, -0.15) is 0 Å². The number of amides is 2. The number of nitrogens with one attached hydrogen (secondary N) is 2. The van der Waals surface area contributed by atoms with Crippen LogP contribution in [-0.2, 0) is 6.54 Å². The molecule has 0 radical (unpaired) electrons. The number of methoxy groups -OCH3 is 1. The third-order valence-electron chi connectivity index (χ3n) is 5.73. The number of carbonyl (C=O) groups excluding carboxylic acids is 1. The van der Waals surface area contributed by atoms with Crippen molar-refractivity contribution in [2.45, 2.75) is 56.8 Å². The molecule has 0 aliphatic carbocycles. The van der Waals surface area contributed by atoms with Gasteiger partial charge in [-0.05, 0) is 62.1 Å². The zero-order valence-corrected chi connectivity index (χ0v) is 15.7. The lowest BCUT2D eigenvalue weighted by Gasteiger charge is -2.48. The quantitative estimate of drug-likeness (QED) is 0.836. The number of rotatable bonds is 5. The molecule has 2 fully saturated rings. The summed E-state index contributed by atoms with van der Waals surface area (Å²) >= 11 is 0. The van der Waals surface area contributed by atoms with Gasteiger partial charge >= 0.3 is 6.03 Å². The zero-order valence-electron chi connectivity index (χ0n) is 15.7. The highest BCUT2D eigenvalue weighted by atomic mass is 16.5. The Labute approximate surface area is 159 Å². The van der Waals surface area contributed by atoms with Crippen molar-refractivity contribution in [1.82, 2.24) is 10.2 Å². The molecule has 1 aromatic carbocycles. The predicted octanol–water partition coefficient (Wildman–Crippen LogP) is 4.00. The fraction of sp³-hybridized carbons (Fsp3) is 0.476. The highest BCUT2D eigenvalue weighted by Crippen LogP contribution is 2.35. The lowest BCUT2D eigenvalue weighted by atomic mass is 9.81. The van der Waals surface area contributed by atoms with Gasteiger partial charge in [0.05, 0.1) is 19.9 Å². The molecule has 4 rings (SSSR count). The Morgan fingerprint density at radius 3 is 2.56 bits per heavy atom. The largest absolute Gasteiger partial charge is 0.497 e. The van der Waals surface area contributed by atoms with Gasteiger partial charge in [0.15, 0.2) is 0 Å². The number of benzene rings is 1. The Bertz CT molecular complexity index is 731. The van der Waals surface area contributed by atoms with E-state index in [1.54, 1.807) is 13.4 Å².